The van der Waals surface area contributed by atoms with E-state index in [9.17, 15) is 0 Å². The molecule has 1 aromatic rings. The Morgan fingerprint density at radius 2 is 2.36 bits per heavy atom. The smallest absolute Gasteiger partial charge is 0.0736 e. The topological polar surface area (TPSA) is 48.1 Å². The van der Waals surface area contributed by atoms with E-state index in [1.54, 1.807) is 12.4 Å². The van der Waals surface area contributed by atoms with Crippen molar-refractivity contribution in [2.45, 2.75) is 31.6 Å². The first kappa shape index (κ1) is 9.90. The fourth-order valence-corrected chi connectivity index (χ4v) is 1.64. The predicted octanol–water partition coefficient (Wildman–Crippen LogP) is 1.74. The highest BCUT2D eigenvalue weighted by molar-refractivity contribution is 6.31. The van der Waals surface area contributed by atoms with Crippen molar-refractivity contribution in [1.29, 1.82) is 0 Å². The van der Waals surface area contributed by atoms with Gasteiger partial charge in [0.1, 0.15) is 0 Å². The quantitative estimate of drug-likeness (QED) is 0.831. The number of aromatic nitrogens is 1. The van der Waals surface area contributed by atoms with Crippen LogP contribution in [0.15, 0.2) is 18.5 Å². The number of nitrogens with two attached hydrogens (primary N) is 1. The second-order valence-corrected chi connectivity index (χ2v) is 4.04. The van der Waals surface area contributed by atoms with Crippen molar-refractivity contribution in [3.8, 4) is 0 Å². The molecule has 0 radical (unpaired) electrons. The fourth-order valence-electron chi connectivity index (χ4n) is 1.47. The van der Waals surface area contributed by atoms with Crippen molar-refractivity contribution in [3.63, 3.8) is 0 Å². The minimum Gasteiger partial charge on any atom is -0.373 e. The first-order valence-corrected chi connectivity index (χ1v) is 5.09. The first-order chi connectivity index (χ1) is 6.75. The maximum atomic E-state index is 5.93. The molecule has 0 bridgehead atoms. The van der Waals surface area contributed by atoms with Crippen LogP contribution in [0.5, 0.6) is 0 Å². The zero-order valence-corrected chi connectivity index (χ0v) is 8.57. The summed E-state index contributed by atoms with van der Waals surface area (Å²) in [6.45, 7) is 0.554. The second-order valence-electron chi connectivity index (χ2n) is 3.63. The van der Waals surface area contributed by atoms with Gasteiger partial charge in [-0.1, -0.05) is 11.6 Å². The molecule has 0 aliphatic heterocycles. The van der Waals surface area contributed by atoms with E-state index in [0.29, 0.717) is 23.8 Å². The van der Waals surface area contributed by atoms with Gasteiger partial charge in [0.15, 0.2) is 0 Å². The van der Waals surface area contributed by atoms with E-state index < -0.39 is 0 Å². The molecule has 1 aromatic heterocycles. The number of hydrogen-bond acceptors (Lipinski definition) is 3. The van der Waals surface area contributed by atoms with E-state index in [1.165, 1.54) is 0 Å². The van der Waals surface area contributed by atoms with Crippen molar-refractivity contribution in [1.82, 2.24) is 4.98 Å². The molecule has 4 heteroatoms. The molecule has 2 N–H and O–H groups in total. The van der Waals surface area contributed by atoms with Gasteiger partial charge in [0.2, 0.25) is 0 Å². The number of rotatable bonds is 3. The molecule has 1 saturated carbocycles. The van der Waals surface area contributed by atoms with Gasteiger partial charge >= 0.3 is 0 Å². The van der Waals surface area contributed by atoms with E-state index in [1.807, 2.05) is 6.07 Å². The molecule has 3 nitrogen and oxygen atoms in total. The Labute approximate surface area is 88.2 Å². The van der Waals surface area contributed by atoms with Gasteiger partial charge < -0.3 is 10.5 Å². The maximum Gasteiger partial charge on any atom is 0.0736 e. The zero-order valence-electron chi connectivity index (χ0n) is 7.82. The summed E-state index contributed by atoms with van der Waals surface area (Å²) < 4.78 is 5.62. The Bertz CT molecular complexity index is 313. The van der Waals surface area contributed by atoms with E-state index in [-0.39, 0.29) is 0 Å². The van der Waals surface area contributed by atoms with E-state index in [0.717, 1.165) is 18.4 Å². The number of ether oxygens (including phenoxy) is 1. The number of halogens is 1. The standard InChI is InChI=1S/C10H13ClN2O/c11-10-5-13-2-1-7(10)6-14-9-3-8(12)4-9/h1-2,5,8-9H,3-4,6,12H2. The SMILES string of the molecule is NC1CC(OCc2ccncc2Cl)C1. The molecule has 1 fully saturated rings. The third kappa shape index (κ3) is 2.23. The number of pyridine rings is 1. The van der Waals surface area contributed by atoms with E-state index in [2.05, 4.69) is 4.98 Å². The Balaban J connectivity index is 1.83. The van der Waals surface area contributed by atoms with Gasteiger partial charge in [-0.3, -0.25) is 4.98 Å². The Morgan fingerprint density at radius 1 is 1.57 bits per heavy atom. The molecule has 0 aromatic carbocycles. The molecule has 1 heterocycles. The summed E-state index contributed by atoms with van der Waals surface area (Å²) in [5.41, 5.74) is 6.64. The number of hydrogen-bond donors (Lipinski definition) is 1. The number of nitrogens with zero attached hydrogens (tertiary/aromatic N) is 1. The summed E-state index contributed by atoms with van der Waals surface area (Å²) in [6, 6.07) is 2.20. The van der Waals surface area contributed by atoms with Crippen LogP contribution < -0.4 is 5.73 Å². The lowest BCUT2D eigenvalue weighted by Crippen LogP contribution is -2.41. The lowest BCUT2D eigenvalue weighted by molar-refractivity contribution is -0.0188. The van der Waals surface area contributed by atoms with Gasteiger partial charge in [0.25, 0.3) is 0 Å². The lowest BCUT2D eigenvalue weighted by Gasteiger charge is -2.32. The van der Waals surface area contributed by atoms with Crippen molar-refractivity contribution in [2.24, 2.45) is 5.73 Å². The van der Waals surface area contributed by atoms with Crippen molar-refractivity contribution < 1.29 is 4.74 Å². The third-order valence-corrected chi connectivity index (χ3v) is 2.80. The average Bonchev–Trinajstić information content (AvgIpc) is 2.13. The van der Waals surface area contributed by atoms with Crippen molar-refractivity contribution >= 4 is 11.6 Å². The van der Waals surface area contributed by atoms with Crippen molar-refractivity contribution in [2.75, 3.05) is 0 Å². The fraction of sp³-hybridized carbons (Fsp3) is 0.500. The molecule has 76 valence electrons. The molecule has 0 unspecified atom stereocenters. The van der Waals surface area contributed by atoms with Crippen LogP contribution >= 0.6 is 11.6 Å². The predicted molar refractivity (Wildman–Crippen MR) is 55.0 cm³/mol. The lowest BCUT2D eigenvalue weighted by atomic mass is 9.90. The van der Waals surface area contributed by atoms with Crippen LogP contribution in [-0.4, -0.2) is 17.1 Å². The molecular weight excluding hydrogens is 200 g/mol. The summed E-state index contributed by atoms with van der Waals surface area (Å²) in [4.78, 5) is 3.91. The summed E-state index contributed by atoms with van der Waals surface area (Å²) >= 11 is 5.93. The third-order valence-electron chi connectivity index (χ3n) is 2.46. The second kappa shape index (κ2) is 4.26. The molecule has 2 rings (SSSR count). The minimum absolute atomic E-state index is 0.314. The molecule has 0 atom stereocenters. The van der Waals surface area contributed by atoms with Crippen LogP contribution in [0.1, 0.15) is 18.4 Å². The average molecular weight is 213 g/mol. The summed E-state index contributed by atoms with van der Waals surface area (Å²) in [5, 5.41) is 0.663. The molecule has 0 spiro atoms. The minimum atomic E-state index is 0.314. The Morgan fingerprint density at radius 3 is 3.00 bits per heavy atom. The van der Waals surface area contributed by atoms with E-state index in [4.69, 9.17) is 22.1 Å². The van der Waals surface area contributed by atoms with Gasteiger partial charge in [0, 0.05) is 18.4 Å². The highest BCUT2D eigenvalue weighted by Crippen LogP contribution is 2.23. The van der Waals surface area contributed by atoms with Crippen LogP contribution in [-0.2, 0) is 11.3 Å². The van der Waals surface area contributed by atoms with Gasteiger partial charge in [0.05, 0.1) is 17.7 Å². The normalized spacial score (nSPS) is 25.9. The highest BCUT2D eigenvalue weighted by atomic mass is 35.5. The van der Waals surface area contributed by atoms with Crippen LogP contribution in [0.4, 0.5) is 0 Å². The molecule has 0 amide bonds. The highest BCUT2D eigenvalue weighted by Gasteiger charge is 2.26. The van der Waals surface area contributed by atoms with Crippen LogP contribution in [0.2, 0.25) is 5.02 Å². The van der Waals surface area contributed by atoms with Gasteiger partial charge in [-0.15, -0.1) is 0 Å². The summed E-state index contributed by atoms with van der Waals surface area (Å²) in [5.74, 6) is 0. The van der Waals surface area contributed by atoms with Crippen LogP contribution in [0.25, 0.3) is 0 Å². The van der Waals surface area contributed by atoms with E-state index >= 15 is 0 Å². The van der Waals surface area contributed by atoms with Crippen LogP contribution in [0, 0.1) is 0 Å². The van der Waals surface area contributed by atoms with Gasteiger partial charge in [-0.25, -0.2) is 0 Å². The monoisotopic (exact) mass is 212 g/mol. The van der Waals surface area contributed by atoms with Gasteiger partial charge in [-0.05, 0) is 24.5 Å². The molecule has 1 aliphatic carbocycles. The van der Waals surface area contributed by atoms with Crippen molar-refractivity contribution in [3.05, 3.63) is 29.0 Å². The largest absolute Gasteiger partial charge is 0.373 e. The summed E-state index contributed by atoms with van der Waals surface area (Å²) in [7, 11) is 0. The maximum absolute atomic E-state index is 5.93. The summed E-state index contributed by atoms with van der Waals surface area (Å²) in [6.07, 6.45) is 5.59. The molecule has 1 aliphatic rings. The molecule has 0 saturated heterocycles. The molecular formula is C10H13ClN2O. The zero-order chi connectivity index (χ0) is 9.97. The Hall–Kier alpha value is -0.640. The molecule has 14 heavy (non-hydrogen) atoms. The van der Waals surface area contributed by atoms with Gasteiger partial charge in [-0.2, -0.15) is 0 Å². The Kier molecular flexibility index (Phi) is 3.01. The first-order valence-electron chi connectivity index (χ1n) is 4.71. The van der Waals surface area contributed by atoms with Crippen LogP contribution in [0.3, 0.4) is 0 Å².